The van der Waals surface area contributed by atoms with Crippen molar-refractivity contribution in [2.45, 2.75) is 57.8 Å². The zero-order valence-electron chi connectivity index (χ0n) is 10.4. The molecule has 0 radical (unpaired) electrons. The zero-order valence-corrected chi connectivity index (χ0v) is 10.4. The van der Waals surface area contributed by atoms with Gasteiger partial charge in [-0.25, -0.2) is 0 Å². The number of carboxylic acid groups (broad SMARTS) is 1. The first-order valence-corrected chi connectivity index (χ1v) is 6.65. The molecular formula is C13H23NO3. The molecular weight excluding hydrogens is 218 g/mol. The van der Waals surface area contributed by atoms with Crippen LogP contribution in [-0.4, -0.2) is 17.0 Å². The number of hydrogen-bond acceptors (Lipinski definition) is 2. The molecule has 1 saturated carbocycles. The predicted octanol–water partition coefficient (Wildman–Crippen LogP) is 2.31. The van der Waals surface area contributed by atoms with E-state index in [1.54, 1.807) is 0 Å². The van der Waals surface area contributed by atoms with Crippen LogP contribution >= 0.6 is 0 Å². The quantitative estimate of drug-likeness (QED) is 0.778. The largest absolute Gasteiger partial charge is 0.481 e. The minimum Gasteiger partial charge on any atom is -0.481 e. The van der Waals surface area contributed by atoms with Crippen LogP contribution < -0.4 is 5.73 Å². The lowest BCUT2D eigenvalue weighted by Gasteiger charge is -2.20. The molecule has 1 aliphatic rings. The van der Waals surface area contributed by atoms with Crippen LogP contribution in [0.25, 0.3) is 0 Å². The monoisotopic (exact) mass is 241 g/mol. The molecule has 1 amide bonds. The van der Waals surface area contributed by atoms with Crippen LogP contribution in [0, 0.1) is 11.8 Å². The SMILES string of the molecule is NC(=O)C1CCCCCCCCCC1C(=O)O. The third kappa shape index (κ3) is 4.75. The minimum atomic E-state index is -0.868. The predicted molar refractivity (Wildman–Crippen MR) is 65.4 cm³/mol. The summed E-state index contributed by atoms with van der Waals surface area (Å²) in [4.78, 5) is 22.6. The van der Waals surface area contributed by atoms with Crippen molar-refractivity contribution >= 4 is 11.9 Å². The Morgan fingerprint density at radius 2 is 1.24 bits per heavy atom. The van der Waals surface area contributed by atoms with Crippen LogP contribution in [0.5, 0.6) is 0 Å². The fourth-order valence-corrected chi connectivity index (χ4v) is 2.65. The number of rotatable bonds is 2. The van der Waals surface area contributed by atoms with E-state index in [1.807, 2.05) is 0 Å². The van der Waals surface area contributed by atoms with Crippen molar-refractivity contribution in [1.29, 1.82) is 0 Å². The molecule has 2 atom stereocenters. The zero-order chi connectivity index (χ0) is 12.7. The van der Waals surface area contributed by atoms with Gasteiger partial charge in [0.25, 0.3) is 0 Å². The highest BCUT2D eigenvalue weighted by atomic mass is 16.4. The molecule has 0 saturated heterocycles. The topological polar surface area (TPSA) is 80.4 Å². The fraction of sp³-hybridized carbons (Fsp3) is 0.846. The van der Waals surface area contributed by atoms with Crippen molar-refractivity contribution in [2.75, 3.05) is 0 Å². The van der Waals surface area contributed by atoms with E-state index in [0.29, 0.717) is 12.8 Å². The van der Waals surface area contributed by atoms with Gasteiger partial charge in [-0.1, -0.05) is 44.9 Å². The van der Waals surface area contributed by atoms with E-state index in [9.17, 15) is 14.7 Å². The Morgan fingerprint density at radius 3 is 1.65 bits per heavy atom. The first kappa shape index (κ1) is 14.0. The molecule has 3 N–H and O–H groups in total. The van der Waals surface area contributed by atoms with Gasteiger partial charge >= 0.3 is 5.97 Å². The third-order valence-electron chi connectivity index (χ3n) is 3.70. The number of carbonyl (C=O) groups is 2. The highest BCUT2D eigenvalue weighted by molar-refractivity contribution is 5.83. The molecule has 0 aromatic heterocycles. The number of hydrogen-bond donors (Lipinski definition) is 2. The first-order valence-electron chi connectivity index (χ1n) is 6.65. The lowest BCUT2D eigenvalue weighted by Crippen LogP contribution is -2.34. The number of aliphatic carboxylic acids is 1. The molecule has 0 aromatic carbocycles. The molecule has 2 unspecified atom stereocenters. The Kier molecular flexibility index (Phi) is 6.01. The molecule has 1 aliphatic carbocycles. The van der Waals surface area contributed by atoms with Gasteiger partial charge in [-0.2, -0.15) is 0 Å². The van der Waals surface area contributed by atoms with E-state index in [-0.39, 0.29) is 0 Å². The average molecular weight is 241 g/mol. The summed E-state index contributed by atoms with van der Waals surface area (Å²) in [6.45, 7) is 0. The highest BCUT2D eigenvalue weighted by Gasteiger charge is 2.31. The molecule has 1 rings (SSSR count). The molecule has 0 bridgehead atoms. The number of primary amides is 1. The second kappa shape index (κ2) is 7.30. The summed E-state index contributed by atoms with van der Waals surface area (Å²) in [5.74, 6) is -2.37. The van der Waals surface area contributed by atoms with E-state index in [2.05, 4.69) is 0 Å². The van der Waals surface area contributed by atoms with Gasteiger partial charge in [-0.15, -0.1) is 0 Å². The molecule has 0 heterocycles. The van der Waals surface area contributed by atoms with Crippen molar-refractivity contribution < 1.29 is 14.7 Å². The van der Waals surface area contributed by atoms with Gasteiger partial charge in [0.2, 0.25) is 5.91 Å². The van der Waals surface area contributed by atoms with Gasteiger partial charge < -0.3 is 10.8 Å². The Bertz CT molecular complexity index is 239. The summed E-state index contributed by atoms with van der Waals surface area (Å²) in [6, 6.07) is 0. The smallest absolute Gasteiger partial charge is 0.307 e. The lowest BCUT2D eigenvalue weighted by atomic mass is 9.84. The van der Waals surface area contributed by atoms with Crippen LogP contribution in [0.4, 0.5) is 0 Å². The number of carboxylic acids is 1. The standard InChI is InChI=1S/C13H23NO3/c14-12(15)10-8-6-4-2-1-3-5-7-9-11(10)13(16)17/h10-11H,1-9H2,(H2,14,15)(H,16,17). The van der Waals surface area contributed by atoms with Gasteiger partial charge in [-0.05, 0) is 12.8 Å². The van der Waals surface area contributed by atoms with Crippen LogP contribution in [0.15, 0.2) is 0 Å². The Labute approximate surface area is 103 Å². The Hall–Kier alpha value is -1.06. The minimum absolute atomic E-state index is 0.448. The van der Waals surface area contributed by atoms with Crippen LogP contribution in [0.2, 0.25) is 0 Å². The van der Waals surface area contributed by atoms with E-state index >= 15 is 0 Å². The molecule has 0 aliphatic heterocycles. The molecule has 4 heteroatoms. The second-order valence-electron chi connectivity index (χ2n) is 5.01. The third-order valence-corrected chi connectivity index (χ3v) is 3.70. The number of carbonyl (C=O) groups excluding carboxylic acids is 1. The van der Waals surface area contributed by atoms with Crippen LogP contribution in [-0.2, 0) is 9.59 Å². The van der Waals surface area contributed by atoms with Gasteiger partial charge in [0.05, 0.1) is 11.8 Å². The summed E-state index contributed by atoms with van der Waals surface area (Å²) in [5, 5.41) is 9.20. The van der Waals surface area contributed by atoms with Crippen molar-refractivity contribution in [1.82, 2.24) is 0 Å². The van der Waals surface area contributed by atoms with Crippen LogP contribution in [0.3, 0.4) is 0 Å². The van der Waals surface area contributed by atoms with E-state index < -0.39 is 23.7 Å². The van der Waals surface area contributed by atoms with Crippen molar-refractivity contribution in [3.63, 3.8) is 0 Å². The average Bonchev–Trinajstić information content (AvgIpc) is 2.31. The Morgan fingerprint density at radius 1 is 0.824 bits per heavy atom. The van der Waals surface area contributed by atoms with E-state index in [4.69, 9.17) is 5.73 Å². The Balaban J connectivity index is 2.68. The van der Waals surface area contributed by atoms with E-state index in [0.717, 1.165) is 25.7 Å². The molecule has 0 aromatic rings. The lowest BCUT2D eigenvalue weighted by molar-refractivity contribution is -0.147. The molecule has 98 valence electrons. The van der Waals surface area contributed by atoms with Crippen LogP contribution in [0.1, 0.15) is 57.8 Å². The first-order chi connectivity index (χ1) is 8.13. The maximum atomic E-state index is 11.4. The summed E-state index contributed by atoms with van der Waals surface area (Å²) in [5.41, 5.74) is 5.34. The van der Waals surface area contributed by atoms with Gasteiger partial charge in [-0.3, -0.25) is 9.59 Å². The molecule has 17 heavy (non-hydrogen) atoms. The summed E-state index contributed by atoms with van der Waals surface area (Å²) in [6.07, 6.45) is 8.74. The van der Waals surface area contributed by atoms with Gasteiger partial charge in [0, 0.05) is 0 Å². The maximum absolute atomic E-state index is 11.4. The summed E-state index contributed by atoms with van der Waals surface area (Å²) >= 11 is 0. The van der Waals surface area contributed by atoms with Gasteiger partial charge in [0.15, 0.2) is 0 Å². The highest BCUT2D eigenvalue weighted by Crippen LogP contribution is 2.26. The van der Waals surface area contributed by atoms with Gasteiger partial charge in [0.1, 0.15) is 0 Å². The van der Waals surface area contributed by atoms with Crippen molar-refractivity contribution in [2.24, 2.45) is 17.6 Å². The van der Waals surface area contributed by atoms with Crippen molar-refractivity contribution in [3.8, 4) is 0 Å². The molecule has 1 fully saturated rings. The summed E-state index contributed by atoms with van der Waals surface area (Å²) in [7, 11) is 0. The molecule has 4 nitrogen and oxygen atoms in total. The maximum Gasteiger partial charge on any atom is 0.307 e. The normalized spacial score (nSPS) is 28.0. The second-order valence-corrected chi connectivity index (χ2v) is 5.01. The number of amides is 1. The van der Waals surface area contributed by atoms with E-state index in [1.165, 1.54) is 19.3 Å². The van der Waals surface area contributed by atoms with Crippen molar-refractivity contribution in [3.05, 3.63) is 0 Å². The molecule has 0 spiro atoms. The number of nitrogens with two attached hydrogens (primary N) is 1. The fourth-order valence-electron chi connectivity index (χ4n) is 2.65. The summed E-state index contributed by atoms with van der Waals surface area (Å²) < 4.78 is 0.